The molecule has 6 heteroatoms. The van der Waals surface area contributed by atoms with Crippen molar-refractivity contribution in [3.8, 4) is 0 Å². The van der Waals surface area contributed by atoms with Gasteiger partial charge in [-0.2, -0.15) is 0 Å². The molecule has 20 heavy (non-hydrogen) atoms. The third-order valence-electron chi connectivity index (χ3n) is 2.78. The Balaban J connectivity index is 2.32. The molecule has 6 nitrogen and oxygen atoms in total. The molecular weight excluding hydrogens is 256 g/mol. The quantitative estimate of drug-likeness (QED) is 0.830. The summed E-state index contributed by atoms with van der Waals surface area (Å²) in [5.41, 5.74) is 8.31. The van der Waals surface area contributed by atoms with Gasteiger partial charge in [0.25, 0.3) is 0 Å². The molecule has 0 aliphatic rings. The number of pyridine rings is 2. The Morgan fingerprint density at radius 2 is 2.20 bits per heavy atom. The predicted molar refractivity (Wildman–Crippen MR) is 76.9 cm³/mol. The molecule has 2 rings (SSSR count). The molecule has 2 aromatic heterocycles. The van der Waals surface area contributed by atoms with Crippen LogP contribution in [0, 0.1) is 6.92 Å². The number of nitrogens with zero attached hydrogens (tertiary/aromatic N) is 2. The van der Waals surface area contributed by atoms with Crippen molar-refractivity contribution in [2.24, 2.45) is 0 Å². The van der Waals surface area contributed by atoms with Crippen LogP contribution >= 0.6 is 0 Å². The number of carbonyl (C=O) groups is 1. The summed E-state index contributed by atoms with van der Waals surface area (Å²) in [4.78, 5) is 19.9. The van der Waals surface area contributed by atoms with Crippen molar-refractivity contribution in [1.29, 1.82) is 0 Å². The number of anilines is 3. The number of nitrogens with one attached hydrogen (secondary N) is 1. The maximum Gasteiger partial charge on any atom is 0.340 e. The van der Waals surface area contributed by atoms with E-state index >= 15 is 0 Å². The predicted octanol–water partition coefficient (Wildman–Crippen LogP) is 2.29. The molecule has 104 valence electrons. The number of nitrogens with two attached hydrogens (primary N) is 1. The first-order valence-electron chi connectivity index (χ1n) is 6.22. The van der Waals surface area contributed by atoms with Crippen LogP contribution in [0.4, 0.5) is 17.2 Å². The van der Waals surface area contributed by atoms with Crippen LogP contribution in [0.2, 0.25) is 0 Å². The molecule has 0 spiro atoms. The summed E-state index contributed by atoms with van der Waals surface area (Å²) in [6.07, 6.45) is 4.89. The van der Waals surface area contributed by atoms with E-state index in [1.165, 1.54) is 12.3 Å². The lowest BCUT2D eigenvalue weighted by Crippen LogP contribution is -2.10. The molecule has 0 saturated heterocycles. The highest BCUT2D eigenvalue weighted by Gasteiger charge is 2.15. The maximum absolute atomic E-state index is 11.8. The van der Waals surface area contributed by atoms with Crippen LogP contribution in [0.1, 0.15) is 22.8 Å². The van der Waals surface area contributed by atoms with Gasteiger partial charge in [0.1, 0.15) is 0 Å². The van der Waals surface area contributed by atoms with E-state index in [1.54, 1.807) is 19.3 Å². The molecule has 0 aromatic carbocycles. The number of hydrogen-bond donors (Lipinski definition) is 2. The number of aryl methyl sites for hydroxylation is 1. The van der Waals surface area contributed by atoms with E-state index in [4.69, 9.17) is 10.5 Å². The van der Waals surface area contributed by atoms with Crippen LogP contribution in [0.5, 0.6) is 0 Å². The van der Waals surface area contributed by atoms with Gasteiger partial charge >= 0.3 is 5.97 Å². The van der Waals surface area contributed by atoms with Crippen molar-refractivity contribution in [2.75, 3.05) is 17.7 Å². The molecule has 0 radical (unpaired) electrons. The topological polar surface area (TPSA) is 90.1 Å². The maximum atomic E-state index is 11.8. The number of aromatic nitrogens is 2. The monoisotopic (exact) mass is 272 g/mol. The number of hydrogen-bond acceptors (Lipinski definition) is 6. The average molecular weight is 272 g/mol. The van der Waals surface area contributed by atoms with Gasteiger partial charge in [0, 0.05) is 12.4 Å². The van der Waals surface area contributed by atoms with E-state index < -0.39 is 5.97 Å². The number of nitrogen functional groups attached to an aromatic ring is 1. The fourth-order valence-corrected chi connectivity index (χ4v) is 1.68. The summed E-state index contributed by atoms with van der Waals surface area (Å²) in [7, 11) is 0. The van der Waals surface area contributed by atoms with Crippen LogP contribution in [0.3, 0.4) is 0 Å². The summed E-state index contributed by atoms with van der Waals surface area (Å²) in [5, 5.41) is 3.07. The Morgan fingerprint density at radius 3 is 2.90 bits per heavy atom. The van der Waals surface area contributed by atoms with Crippen LogP contribution < -0.4 is 11.1 Å². The largest absolute Gasteiger partial charge is 0.462 e. The molecule has 3 N–H and O–H groups in total. The van der Waals surface area contributed by atoms with Crippen LogP contribution in [0.25, 0.3) is 0 Å². The lowest BCUT2D eigenvalue weighted by Gasteiger charge is -2.12. The average Bonchev–Trinajstić information content (AvgIpc) is 2.43. The van der Waals surface area contributed by atoms with Gasteiger partial charge in [0.2, 0.25) is 0 Å². The van der Waals surface area contributed by atoms with Crippen molar-refractivity contribution in [3.05, 3.63) is 41.9 Å². The zero-order valence-electron chi connectivity index (χ0n) is 11.4. The van der Waals surface area contributed by atoms with Crippen molar-refractivity contribution in [2.45, 2.75) is 13.8 Å². The van der Waals surface area contributed by atoms with Gasteiger partial charge in [-0.15, -0.1) is 0 Å². The summed E-state index contributed by atoms with van der Waals surface area (Å²) < 4.78 is 4.95. The Morgan fingerprint density at radius 1 is 1.40 bits per heavy atom. The highest BCUT2D eigenvalue weighted by Crippen LogP contribution is 2.25. The van der Waals surface area contributed by atoms with Crippen molar-refractivity contribution in [3.63, 3.8) is 0 Å². The first kappa shape index (κ1) is 13.8. The van der Waals surface area contributed by atoms with Gasteiger partial charge < -0.3 is 15.8 Å². The summed E-state index contributed by atoms with van der Waals surface area (Å²) >= 11 is 0. The molecule has 0 bridgehead atoms. The number of rotatable bonds is 4. The molecule has 0 unspecified atom stereocenters. The number of esters is 1. The van der Waals surface area contributed by atoms with Crippen LogP contribution in [0.15, 0.2) is 30.7 Å². The molecule has 0 aliphatic carbocycles. The molecule has 2 heterocycles. The minimum atomic E-state index is -0.460. The highest BCUT2D eigenvalue weighted by atomic mass is 16.5. The van der Waals surface area contributed by atoms with Crippen molar-refractivity contribution in [1.82, 2.24) is 9.97 Å². The lowest BCUT2D eigenvalue weighted by atomic mass is 10.2. The molecule has 0 fully saturated rings. The van der Waals surface area contributed by atoms with E-state index in [0.29, 0.717) is 18.0 Å². The lowest BCUT2D eigenvalue weighted by molar-refractivity contribution is 0.0527. The fourth-order valence-electron chi connectivity index (χ4n) is 1.68. The Hall–Kier alpha value is -2.63. The van der Waals surface area contributed by atoms with Crippen LogP contribution in [-0.2, 0) is 4.74 Å². The van der Waals surface area contributed by atoms with E-state index in [9.17, 15) is 4.79 Å². The zero-order chi connectivity index (χ0) is 14.5. The summed E-state index contributed by atoms with van der Waals surface area (Å²) in [5.74, 6) is -0.0509. The van der Waals surface area contributed by atoms with Crippen molar-refractivity contribution >= 4 is 23.2 Å². The molecule has 0 atom stereocenters. The SMILES string of the molecule is CCOC(=O)c1ccnc(Nc2cnccc2C)c1N. The Kier molecular flexibility index (Phi) is 4.14. The van der Waals surface area contributed by atoms with Gasteiger partial charge in [-0.1, -0.05) is 0 Å². The second-order valence-corrected chi connectivity index (χ2v) is 4.16. The standard InChI is InChI=1S/C14H16N4O2/c1-3-20-14(19)10-5-7-17-13(12(10)15)18-11-8-16-6-4-9(11)2/h4-8H,3,15H2,1-2H3,(H,17,18). The van der Waals surface area contributed by atoms with Gasteiger partial charge in [-0.05, 0) is 31.5 Å². The van der Waals surface area contributed by atoms with E-state index in [-0.39, 0.29) is 5.69 Å². The minimum absolute atomic E-state index is 0.259. The molecule has 0 saturated carbocycles. The normalized spacial score (nSPS) is 10.1. The van der Waals surface area contributed by atoms with Gasteiger partial charge in [-0.3, -0.25) is 4.98 Å². The summed E-state index contributed by atoms with van der Waals surface area (Å²) in [6, 6.07) is 3.41. The molecule has 2 aromatic rings. The molecule has 0 amide bonds. The van der Waals surface area contributed by atoms with Gasteiger partial charge in [-0.25, -0.2) is 9.78 Å². The first-order chi connectivity index (χ1) is 9.63. The second-order valence-electron chi connectivity index (χ2n) is 4.16. The third kappa shape index (κ3) is 2.85. The molecule has 0 aliphatic heterocycles. The Bertz CT molecular complexity index is 628. The summed E-state index contributed by atoms with van der Waals surface area (Å²) in [6.45, 7) is 3.98. The number of carbonyl (C=O) groups excluding carboxylic acids is 1. The fraction of sp³-hybridized carbons (Fsp3) is 0.214. The van der Waals surface area contributed by atoms with Crippen LogP contribution in [-0.4, -0.2) is 22.5 Å². The van der Waals surface area contributed by atoms with E-state index in [0.717, 1.165) is 11.3 Å². The van der Waals surface area contributed by atoms with Gasteiger partial charge in [0.15, 0.2) is 5.82 Å². The first-order valence-corrected chi connectivity index (χ1v) is 6.22. The zero-order valence-corrected chi connectivity index (χ0v) is 11.4. The van der Waals surface area contributed by atoms with E-state index in [1.807, 2.05) is 13.0 Å². The van der Waals surface area contributed by atoms with Crippen molar-refractivity contribution < 1.29 is 9.53 Å². The minimum Gasteiger partial charge on any atom is -0.462 e. The molecular formula is C14H16N4O2. The Labute approximate surface area is 117 Å². The number of ether oxygens (including phenoxy) is 1. The van der Waals surface area contributed by atoms with Gasteiger partial charge in [0.05, 0.1) is 29.7 Å². The second kappa shape index (κ2) is 6.01. The smallest absolute Gasteiger partial charge is 0.340 e. The van der Waals surface area contributed by atoms with E-state index in [2.05, 4.69) is 15.3 Å². The third-order valence-corrected chi connectivity index (χ3v) is 2.78. The highest BCUT2D eigenvalue weighted by molar-refractivity contribution is 5.98.